The van der Waals surface area contributed by atoms with E-state index in [-0.39, 0.29) is 5.54 Å². The summed E-state index contributed by atoms with van der Waals surface area (Å²) in [6, 6.07) is 7.65. The van der Waals surface area contributed by atoms with Crippen LogP contribution in [0.25, 0.3) is 11.0 Å². The van der Waals surface area contributed by atoms with Crippen molar-refractivity contribution in [3.8, 4) is 0 Å². The first-order valence-electron chi connectivity index (χ1n) is 5.39. The highest BCUT2D eigenvalue weighted by Crippen LogP contribution is 2.21. The molecule has 0 aliphatic heterocycles. The van der Waals surface area contributed by atoms with Crippen molar-refractivity contribution in [2.24, 2.45) is 0 Å². The van der Waals surface area contributed by atoms with Gasteiger partial charge in [0.15, 0.2) is 16.5 Å². The van der Waals surface area contributed by atoms with E-state index >= 15 is 0 Å². The number of aromatic nitrogens is 1. The lowest BCUT2D eigenvalue weighted by Crippen LogP contribution is -2.43. The van der Waals surface area contributed by atoms with Crippen LogP contribution in [-0.2, 0) is 0 Å². The fourth-order valence-electron chi connectivity index (χ4n) is 1.46. The molecule has 0 atom stereocenters. The normalized spacial score (nSPS) is 11.5. The summed E-state index contributed by atoms with van der Waals surface area (Å²) in [5.41, 5.74) is 0.664. The smallest absolute Gasteiger partial charge is 0.183 e. The van der Waals surface area contributed by atoms with Crippen LogP contribution in [0.4, 0.5) is 5.82 Å². The Balaban J connectivity index is 2.16. The number of hydrogen-bond donors (Lipinski definition) is 2. The molecule has 5 heteroatoms. The summed E-state index contributed by atoms with van der Waals surface area (Å²) in [6.07, 6.45) is 0. The van der Waals surface area contributed by atoms with Gasteiger partial charge in [-0.25, -0.2) is 0 Å². The average Bonchev–Trinajstić information content (AvgIpc) is 2.59. The van der Waals surface area contributed by atoms with E-state index in [9.17, 15) is 0 Å². The summed E-state index contributed by atoms with van der Waals surface area (Å²) in [7, 11) is 0. The number of para-hydroxylation sites is 1. The van der Waals surface area contributed by atoms with E-state index in [0.717, 1.165) is 11.0 Å². The lowest BCUT2D eigenvalue weighted by Gasteiger charge is -2.22. The zero-order valence-electron chi connectivity index (χ0n) is 10.1. The highest BCUT2D eigenvalue weighted by Gasteiger charge is 2.13. The molecular formula is C12H15N3OS. The molecule has 2 aromatic rings. The second kappa shape index (κ2) is 4.33. The highest BCUT2D eigenvalue weighted by atomic mass is 32.1. The molecule has 0 fully saturated rings. The third kappa shape index (κ3) is 2.94. The summed E-state index contributed by atoms with van der Waals surface area (Å²) in [6.45, 7) is 6.13. The van der Waals surface area contributed by atoms with Crippen molar-refractivity contribution >= 4 is 34.1 Å². The molecule has 0 aliphatic rings. The minimum atomic E-state index is -0.0797. The molecule has 90 valence electrons. The Bertz CT molecular complexity index is 542. The number of hydrogen-bond acceptors (Lipinski definition) is 3. The third-order valence-corrected chi connectivity index (χ3v) is 2.30. The van der Waals surface area contributed by atoms with Crippen LogP contribution >= 0.6 is 12.2 Å². The number of fused-ring (bicyclic) bond motifs is 1. The number of rotatable bonds is 1. The van der Waals surface area contributed by atoms with Crippen LogP contribution in [0.1, 0.15) is 20.8 Å². The SMILES string of the molecule is CC(C)(C)NC(=S)Nc1noc2ccccc12. The summed E-state index contributed by atoms with van der Waals surface area (Å²) < 4.78 is 5.18. The van der Waals surface area contributed by atoms with Crippen molar-refractivity contribution < 1.29 is 4.52 Å². The van der Waals surface area contributed by atoms with E-state index < -0.39 is 0 Å². The third-order valence-electron chi connectivity index (χ3n) is 2.10. The Morgan fingerprint density at radius 1 is 1.29 bits per heavy atom. The second-order valence-electron chi connectivity index (χ2n) is 4.86. The van der Waals surface area contributed by atoms with E-state index in [1.165, 1.54) is 0 Å². The van der Waals surface area contributed by atoms with Gasteiger partial charge in [0.25, 0.3) is 0 Å². The molecule has 1 heterocycles. The van der Waals surface area contributed by atoms with Gasteiger partial charge in [0.2, 0.25) is 0 Å². The monoisotopic (exact) mass is 249 g/mol. The van der Waals surface area contributed by atoms with Gasteiger partial charge in [-0.2, -0.15) is 0 Å². The Morgan fingerprint density at radius 2 is 2.00 bits per heavy atom. The maximum Gasteiger partial charge on any atom is 0.183 e. The van der Waals surface area contributed by atoms with Crippen LogP contribution in [0.5, 0.6) is 0 Å². The number of anilines is 1. The molecule has 0 unspecified atom stereocenters. The van der Waals surface area contributed by atoms with Crippen molar-refractivity contribution in [2.75, 3.05) is 5.32 Å². The molecule has 2 rings (SSSR count). The van der Waals surface area contributed by atoms with Crippen molar-refractivity contribution in [3.63, 3.8) is 0 Å². The molecule has 1 aromatic heterocycles. The van der Waals surface area contributed by atoms with E-state index in [2.05, 4.69) is 15.8 Å². The summed E-state index contributed by atoms with van der Waals surface area (Å²) >= 11 is 5.21. The van der Waals surface area contributed by atoms with Crippen molar-refractivity contribution in [3.05, 3.63) is 24.3 Å². The summed E-state index contributed by atoms with van der Waals surface area (Å²) in [4.78, 5) is 0. The van der Waals surface area contributed by atoms with Crippen molar-refractivity contribution in [2.45, 2.75) is 26.3 Å². The fourth-order valence-corrected chi connectivity index (χ4v) is 1.86. The van der Waals surface area contributed by atoms with Gasteiger partial charge in [-0.1, -0.05) is 17.3 Å². The lowest BCUT2D eigenvalue weighted by atomic mass is 10.1. The van der Waals surface area contributed by atoms with Gasteiger partial charge >= 0.3 is 0 Å². The fraction of sp³-hybridized carbons (Fsp3) is 0.333. The molecule has 0 saturated heterocycles. The Labute approximate surface area is 105 Å². The van der Waals surface area contributed by atoms with Gasteiger partial charge in [-0.15, -0.1) is 0 Å². The van der Waals surface area contributed by atoms with E-state index in [4.69, 9.17) is 16.7 Å². The number of thiocarbonyl (C=S) groups is 1. The molecule has 17 heavy (non-hydrogen) atoms. The topological polar surface area (TPSA) is 50.1 Å². The summed E-state index contributed by atoms with van der Waals surface area (Å²) in [5, 5.41) is 11.6. The standard InChI is InChI=1S/C12H15N3OS/c1-12(2,3)14-11(17)13-10-8-6-4-5-7-9(8)16-15-10/h4-7H,1-3H3,(H2,13,14,15,17). The van der Waals surface area contributed by atoms with Crippen LogP contribution in [0.2, 0.25) is 0 Å². The van der Waals surface area contributed by atoms with Gasteiger partial charge in [0.05, 0.1) is 5.39 Å². The molecule has 2 N–H and O–H groups in total. The molecule has 0 aliphatic carbocycles. The molecule has 0 amide bonds. The van der Waals surface area contributed by atoms with E-state index in [0.29, 0.717) is 10.9 Å². The van der Waals surface area contributed by atoms with Crippen LogP contribution in [0.3, 0.4) is 0 Å². The highest BCUT2D eigenvalue weighted by molar-refractivity contribution is 7.80. The zero-order chi connectivity index (χ0) is 12.5. The molecule has 0 bridgehead atoms. The van der Waals surface area contributed by atoms with E-state index in [1.54, 1.807) is 0 Å². The van der Waals surface area contributed by atoms with Crippen LogP contribution in [0.15, 0.2) is 28.8 Å². The van der Waals surface area contributed by atoms with Crippen LogP contribution in [-0.4, -0.2) is 15.8 Å². The lowest BCUT2D eigenvalue weighted by molar-refractivity contribution is 0.460. The minimum Gasteiger partial charge on any atom is -0.358 e. The number of nitrogens with zero attached hydrogens (tertiary/aromatic N) is 1. The Hall–Kier alpha value is -1.62. The zero-order valence-corrected chi connectivity index (χ0v) is 10.9. The molecule has 4 nitrogen and oxygen atoms in total. The summed E-state index contributed by atoms with van der Waals surface area (Å²) in [5.74, 6) is 0.641. The van der Waals surface area contributed by atoms with Gasteiger partial charge < -0.3 is 15.2 Å². The van der Waals surface area contributed by atoms with Crippen molar-refractivity contribution in [1.82, 2.24) is 10.5 Å². The largest absolute Gasteiger partial charge is 0.358 e. The Kier molecular flexibility index (Phi) is 3.02. The maximum absolute atomic E-state index is 5.21. The van der Waals surface area contributed by atoms with Gasteiger partial charge in [-0.3, -0.25) is 0 Å². The molecular weight excluding hydrogens is 234 g/mol. The van der Waals surface area contributed by atoms with Crippen molar-refractivity contribution in [1.29, 1.82) is 0 Å². The van der Waals surface area contributed by atoms with Gasteiger partial charge in [0.1, 0.15) is 0 Å². The predicted molar refractivity (Wildman–Crippen MR) is 73.1 cm³/mol. The van der Waals surface area contributed by atoms with Crippen LogP contribution in [0, 0.1) is 0 Å². The predicted octanol–water partition coefficient (Wildman–Crippen LogP) is 2.91. The quantitative estimate of drug-likeness (QED) is 0.761. The van der Waals surface area contributed by atoms with Crippen LogP contribution < -0.4 is 10.6 Å². The first-order chi connectivity index (χ1) is 7.96. The second-order valence-corrected chi connectivity index (χ2v) is 5.26. The number of benzene rings is 1. The molecule has 0 radical (unpaired) electrons. The van der Waals surface area contributed by atoms with Gasteiger partial charge in [-0.05, 0) is 45.1 Å². The van der Waals surface area contributed by atoms with E-state index in [1.807, 2.05) is 45.0 Å². The average molecular weight is 249 g/mol. The van der Waals surface area contributed by atoms with Gasteiger partial charge in [0, 0.05) is 5.54 Å². The Morgan fingerprint density at radius 3 is 2.71 bits per heavy atom. The molecule has 0 spiro atoms. The first-order valence-corrected chi connectivity index (χ1v) is 5.80. The molecule has 0 saturated carbocycles. The first kappa shape index (κ1) is 11.9. The number of nitrogens with one attached hydrogen (secondary N) is 2. The minimum absolute atomic E-state index is 0.0797. The molecule has 1 aromatic carbocycles. The maximum atomic E-state index is 5.21.